The molecule has 1 atom stereocenters. The third-order valence-electron chi connectivity index (χ3n) is 5.61. The van der Waals surface area contributed by atoms with E-state index in [1.807, 2.05) is 48.5 Å². The summed E-state index contributed by atoms with van der Waals surface area (Å²) in [6.07, 6.45) is 2.88. The molecule has 5 rings (SSSR count). The van der Waals surface area contributed by atoms with Gasteiger partial charge in [-0.05, 0) is 30.0 Å². The zero-order valence-corrected chi connectivity index (χ0v) is 14.5. The van der Waals surface area contributed by atoms with Crippen LogP contribution < -0.4 is 5.32 Å². The van der Waals surface area contributed by atoms with Crippen LogP contribution >= 0.6 is 0 Å². The number of H-pyrrole nitrogens is 1. The SMILES string of the molecule is O=C(CN1C(=O)N[C@]2(CCc3ccccc32)C1=O)c1c[nH]c2ccccc12. The molecule has 0 bridgehead atoms. The predicted molar refractivity (Wildman–Crippen MR) is 99.3 cm³/mol. The highest BCUT2D eigenvalue weighted by atomic mass is 16.2. The van der Waals surface area contributed by atoms with Crippen LogP contribution in [0.1, 0.15) is 27.9 Å². The van der Waals surface area contributed by atoms with Crippen LogP contribution in [0.4, 0.5) is 4.79 Å². The number of aromatic nitrogens is 1. The van der Waals surface area contributed by atoms with E-state index in [9.17, 15) is 14.4 Å². The third kappa shape index (κ3) is 2.16. The second-order valence-corrected chi connectivity index (χ2v) is 7.06. The number of para-hydroxylation sites is 1. The molecule has 0 saturated carbocycles. The molecule has 3 amide bonds. The molecule has 2 heterocycles. The van der Waals surface area contributed by atoms with Crippen molar-refractivity contribution < 1.29 is 14.4 Å². The van der Waals surface area contributed by atoms with Crippen molar-refractivity contribution >= 4 is 28.6 Å². The smallest absolute Gasteiger partial charge is 0.325 e. The Kier molecular flexibility index (Phi) is 3.25. The standard InChI is InChI=1S/C21H17N3O3/c25-18(15-11-22-17-8-4-2-6-14(15)17)12-24-19(26)21(23-20(24)27)10-9-13-5-1-3-7-16(13)21/h1-8,11,22H,9-10,12H2,(H,23,27)/t21-/m0/s1. The van der Waals surface area contributed by atoms with Gasteiger partial charge in [-0.1, -0.05) is 42.5 Å². The first-order chi connectivity index (χ1) is 13.1. The maximum atomic E-state index is 13.2. The zero-order chi connectivity index (χ0) is 18.6. The van der Waals surface area contributed by atoms with Crippen LogP contribution in [0.2, 0.25) is 0 Å². The first kappa shape index (κ1) is 15.8. The van der Waals surface area contributed by atoms with Crippen LogP contribution in [0.25, 0.3) is 10.9 Å². The van der Waals surface area contributed by atoms with E-state index < -0.39 is 11.6 Å². The summed E-state index contributed by atoms with van der Waals surface area (Å²) in [5, 5.41) is 3.64. The van der Waals surface area contributed by atoms with Crippen molar-refractivity contribution in [3.63, 3.8) is 0 Å². The Bertz CT molecular complexity index is 1120. The summed E-state index contributed by atoms with van der Waals surface area (Å²) in [6, 6.07) is 14.6. The van der Waals surface area contributed by atoms with Crippen molar-refractivity contribution in [3.05, 3.63) is 71.4 Å². The Hall–Kier alpha value is -3.41. The molecule has 1 fully saturated rings. The average molecular weight is 359 g/mol. The van der Waals surface area contributed by atoms with E-state index >= 15 is 0 Å². The van der Waals surface area contributed by atoms with E-state index in [2.05, 4.69) is 10.3 Å². The third-order valence-corrected chi connectivity index (χ3v) is 5.61. The van der Waals surface area contributed by atoms with Gasteiger partial charge in [0.15, 0.2) is 5.78 Å². The molecule has 3 aromatic rings. The first-order valence-electron chi connectivity index (χ1n) is 8.92. The lowest BCUT2D eigenvalue weighted by atomic mass is 9.92. The van der Waals surface area contributed by atoms with Crippen LogP contribution in [-0.4, -0.2) is 34.2 Å². The van der Waals surface area contributed by atoms with Gasteiger partial charge in [-0.3, -0.25) is 14.5 Å². The fourth-order valence-electron chi connectivity index (χ4n) is 4.26. The molecule has 27 heavy (non-hydrogen) atoms. The lowest BCUT2D eigenvalue weighted by Gasteiger charge is -2.22. The lowest BCUT2D eigenvalue weighted by Crippen LogP contribution is -2.42. The van der Waals surface area contributed by atoms with Gasteiger partial charge in [0, 0.05) is 22.7 Å². The highest BCUT2D eigenvalue weighted by Gasteiger charge is 2.55. The van der Waals surface area contributed by atoms with Gasteiger partial charge in [0.05, 0.1) is 6.54 Å². The number of rotatable bonds is 3. The number of fused-ring (bicyclic) bond motifs is 3. The van der Waals surface area contributed by atoms with E-state index in [4.69, 9.17) is 0 Å². The van der Waals surface area contributed by atoms with E-state index in [0.29, 0.717) is 12.0 Å². The molecule has 2 aliphatic rings. The van der Waals surface area contributed by atoms with E-state index in [1.165, 1.54) is 0 Å². The summed E-state index contributed by atoms with van der Waals surface area (Å²) >= 11 is 0. The first-order valence-corrected chi connectivity index (χ1v) is 8.92. The van der Waals surface area contributed by atoms with Gasteiger partial charge in [-0.25, -0.2) is 4.79 Å². The van der Waals surface area contributed by atoms with Gasteiger partial charge in [0.25, 0.3) is 5.91 Å². The van der Waals surface area contributed by atoms with Gasteiger partial charge < -0.3 is 10.3 Å². The molecular weight excluding hydrogens is 342 g/mol. The molecule has 0 unspecified atom stereocenters. The van der Waals surface area contributed by atoms with Crippen LogP contribution in [0.3, 0.4) is 0 Å². The number of benzene rings is 2. The average Bonchev–Trinajstić information content (AvgIpc) is 3.34. The number of carbonyl (C=O) groups excluding carboxylic acids is 3. The molecule has 1 aliphatic heterocycles. The van der Waals surface area contributed by atoms with Gasteiger partial charge in [-0.2, -0.15) is 0 Å². The fraction of sp³-hybridized carbons (Fsp3) is 0.190. The number of hydrogen-bond acceptors (Lipinski definition) is 3. The number of nitrogens with zero attached hydrogens (tertiary/aromatic N) is 1. The van der Waals surface area contributed by atoms with Gasteiger partial charge in [-0.15, -0.1) is 0 Å². The zero-order valence-electron chi connectivity index (χ0n) is 14.5. The monoisotopic (exact) mass is 359 g/mol. The normalized spacial score (nSPS) is 21.1. The number of aromatic amines is 1. The Morgan fingerprint density at radius 2 is 1.85 bits per heavy atom. The van der Waals surface area contributed by atoms with E-state index in [-0.39, 0.29) is 18.2 Å². The van der Waals surface area contributed by atoms with Crippen molar-refractivity contribution in [2.75, 3.05) is 6.54 Å². The fourth-order valence-corrected chi connectivity index (χ4v) is 4.26. The molecule has 1 saturated heterocycles. The van der Waals surface area contributed by atoms with Crippen molar-refractivity contribution in [1.82, 2.24) is 15.2 Å². The molecular formula is C21H17N3O3. The number of carbonyl (C=O) groups is 3. The molecule has 6 heteroatoms. The Morgan fingerprint density at radius 1 is 1.07 bits per heavy atom. The largest absolute Gasteiger partial charge is 0.360 e. The van der Waals surface area contributed by atoms with Crippen molar-refractivity contribution in [2.24, 2.45) is 0 Å². The second-order valence-electron chi connectivity index (χ2n) is 7.06. The highest BCUT2D eigenvalue weighted by Crippen LogP contribution is 2.41. The molecule has 1 aliphatic carbocycles. The van der Waals surface area contributed by atoms with Crippen molar-refractivity contribution in [1.29, 1.82) is 0 Å². The molecule has 2 N–H and O–H groups in total. The Labute approximate surface area is 155 Å². The molecule has 2 aromatic carbocycles. The summed E-state index contributed by atoms with van der Waals surface area (Å²) in [4.78, 5) is 42.6. The number of amides is 3. The number of nitrogens with one attached hydrogen (secondary N) is 2. The summed E-state index contributed by atoms with van der Waals surface area (Å²) in [6.45, 7) is -0.267. The number of urea groups is 1. The molecule has 6 nitrogen and oxygen atoms in total. The Morgan fingerprint density at radius 3 is 2.74 bits per heavy atom. The molecule has 0 radical (unpaired) electrons. The van der Waals surface area contributed by atoms with Crippen LogP contribution in [-0.2, 0) is 16.8 Å². The quantitative estimate of drug-likeness (QED) is 0.557. The number of hydrogen-bond donors (Lipinski definition) is 2. The molecule has 1 spiro atoms. The minimum absolute atomic E-state index is 0.265. The van der Waals surface area contributed by atoms with Gasteiger partial charge in [0.2, 0.25) is 0 Å². The van der Waals surface area contributed by atoms with Crippen molar-refractivity contribution in [2.45, 2.75) is 18.4 Å². The summed E-state index contributed by atoms with van der Waals surface area (Å²) in [7, 11) is 0. The molecule has 134 valence electrons. The van der Waals surface area contributed by atoms with Crippen LogP contribution in [0.15, 0.2) is 54.7 Å². The van der Waals surface area contributed by atoms with Crippen LogP contribution in [0, 0.1) is 0 Å². The topological polar surface area (TPSA) is 82.3 Å². The van der Waals surface area contributed by atoms with Gasteiger partial charge in [0.1, 0.15) is 5.54 Å². The summed E-state index contributed by atoms with van der Waals surface area (Å²) in [5.74, 6) is -0.607. The van der Waals surface area contributed by atoms with E-state index in [1.54, 1.807) is 6.20 Å². The number of ketones is 1. The Balaban J connectivity index is 1.46. The van der Waals surface area contributed by atoms with Crippen molar-refractivity contribution in [3.8, 4) is 0 Å². The minimum Gasteiger partial charge on any atom is -0.360 e. The maximum absolute atomic E-state index is 13.2. The molecule has 1 aromatic heterocycles. The van der Waals surface area contributed by atoms with E-state index in [0.717, 1.165) is 33.4 Å². The van der Waals surface area contributed by atoms with Crippen LogP contribution in [0.5, 0.6) is 0 Å². The maximum Gasteiger partial charge on any atom is 0.325 e. The lowest BCUT2D eigenvalue weighted by molar-refractivity contribution is -0.131. The summed E-state index contributed by atoms with van der Waals surface area (Å²) in [5.41, 5.74) is 2.20. The number of aryl methyl sites for hydroxylation is 1. The summed E-state index contributed by atoms with van der Waals surface area (Å²) < 4.78 is 0. The number of imide groups is 1. The predicted octanol–water partition coefficient (Wildman–Crippen LogP) is 2.74. The second kappa shape index (κ2) is 5.54. The highest BCUT2D eigenvalue weighted by molar-refractivity contribution is 6.14. The van der Waals surface area contributed by atoms with Gasteiger partial charge >= 0.3 is 6.03 Å². The number of Topliss-reactive ketones (excluding diaryl/α,β-unsaturated/α-hetero) is 1. The minimum atomic E-state index is -1.03.